The molecule has 1 aliphatic rings. The predicted molar refractivity (Wildman–Crippen MR) is 149 cm³/mol. The summed E-state index contributed by atoms with van der Waals surface area (Å²) in [5.74, 6) is 1.38. The fourth-order valence-electron chi connectivity index (χ4n) is 3.96. The van der Waals surface area contributed by atoms with Crippen LogP contribution in [0.15, 0.2) is 77.2 Å². The van der Waals surface area contributed by atoms with Crippen molar-refractivity contribution in [2.45, 2.75) is 0 Å². The molecule has 0 atom stereocenters. The number of nitrogens with one attached hydrogen (secondary N) is 1. The van der Waals surface area contributed by atoms with E-state index in [0.717, 1.165) is 42.6 Å². The van der Waals surface area contributed by atoms with Crippen LogP contribution in [0.25, 0.3) is 10.9 Å². The third-order valence-electron chi connectivity index (χ3n) is 6.07. The van der Waals surface area contributed by atoms with Crippen molar-refractivity contribution < 1.29 is 9.13 Å². The van der Waals surface area contributed by atoms with Crippen LogP contribution in [0.2, 0.25) is 5.02 Å². The zero-order chi connectivity index (χ0) is 26.5. The lowest BCUT2D eigenvalue weighted by Gasteiger charge is -2.32. The van der Waals surface area contributed by atoms with Crippen molar-refractivity contribution in [3.05, 3.63) is 83.4 Å². The highest BCUT2D eigenvalue weighted by molar-refractivity contribution is 6.32. The molecule has 2 heterocycles. The third-order valence-corrected chi connectivity index (χ3v) is 6.37. The van der Waals surface area contributed by atoms with Gasteiger partial charge in [-0.3, -0.25) is 0 Å². The van der Waals surface area contributed by atoms with E-state index in [2.05, 4.69) is 37.4 Å². The fourth-order valence-corrected chi connectivity index (χ4v) is 4.18. The second-order valence-electron chi connectivity index (χ2n) is 8.82. The lowest BCUT2D eigenvalue weighted by atomic mass is 10.1. The maximum absolute atomic E-state index is 13.5. The summed E-state index contributed by atoms with van der Waals surface area (Å²) in [5.41, 5.74) is 8.39. The number of likely N-dealkylation sites (N-methyl/N-ethyl adjacent to an activating group) is 1. The first kappa shape index (κ1) is 25.4. The van der Waals surface area contributed by atoms with Crippen molar-refractivity contribution in [3.63, 3.8) is 0 Å². The van der Waals surface area contributed by atoms with Crippen molar-refractivity contribution in [1.82, 2.24) is 19.8 Å². The first-order chi connectivity index (χ1) is 18.4. The Bertz CT molecular complexity index is 1500. The smallest absolute Gasteiger partial charge is 0.216 e. The summed E-state index contributed by atoms with van der Waals surface area (Å²) in [4.78, 5) is 13.0. The van der Waals surface area contributed by atoms with Gasteiger partial charge in [-0.05, 0) is 55.1 Å². The number of fused-ring (bicyclic) bond motifs is 1. The second-order valence-corrected chi connectivity index (χ2v) is 9.23. The normalized spacial score (nSPS) is 14.8. The molecule has 1 aromatic heterocycles. The molecule has 1 fully saturated rings. The Morgan fingerprint density at radius 3 is 2.71 bits per heavy atom. The number of piperazine rings is 1. The van der Waals surface area contributed by atoms with Crippen molar-refractivity contribution in [2.24, 2.45) is 15.9 Å². The molecule has 3 aromatic carbocycles. The van der Waals surface area contributed by atoms with Gasteiger partial charge in [-0.15, -0.1) is 5.10 Å². The molecule has 4 aromatic rings. The molecule has 3 N–H and O–H groups in total. The molecule has 0 spiro atoms. The topological polar surface area (TPSA) is 104 Å². The Balaban J connectivity index is 1.32. The van der Waals surface area contributed by atoms with Gasteiger partial charge in [-0.2, -0.15) is 5.10 Å². The van der Waals surface area contributed by atoms with Crippen molar-refractivity contribution in [3.8, 4) is 11.5 Å². The summed E-state index contributed by atoms with van der Waals surface area (Å²) in [6.45, 7) is 3.53. The number of guanidine groups is 1. The van der Waals surface area contributed by atoms with E-state index in [0.29, 0.717) is 34.0 Å². The van der Waals surface area contributed by atoms with E-state index in [1.54, 1.807) is 36.5 Å². The van der Waals surface area contributed by atoms with E-state index in [9.17, 15) is 4.39 Å². The van der Waals surface area contributed by atoms with Crippen LogP contribution in [0.3, 0.4) is 0 Å². The highest BCUT2D eigenvalue weighted by Crippen LogP contribution is 2.33. The van der Waals surface area contributed by atoms with Crippen LogP contribution in [0.1, 0.15) is 5.56 Å². The third kappa shape index (κ3) is 6.16. The molecule has 9 nitrogen and oxygen atoms in total. The largest absolute Gasteiger partial charge is 0.456 e. The second kappa shape index (κ2) is 11.4. The highest BCUT2D eigenvalue weighted by Gasteiger charge is 2.15. The molecule has 11 heteroatoms. The number of hydrogen-bond donors (Lipinski definition) is 2. The minimum absolute atomic E-state index is 0.359. The van der Waals surface area contributed by atoms with Gasteiger partial charge in [0.15, 0.2) is 0 Å². The van der Waals surface area contributed by atoms with Crippen molar-refractivity contribution >= 4 is 46.2 Å². The summed E-state index contributed by atoms with van der Waals surface area (Å²) in [6.07, 6.45) is 3.14. The summed E-state index contributed by atoms with van der Waals surface area (Å²) >= 11 is 6.44. The number of rotatable bonds is 6. The Morgan fingerprint density at radius 2 is 1.92 bits per heavy atom. The monoisotopic (exact) mass is 532 g/mol. The van der Waals surface area contributed by atoms with Gasteiger partial charge in [0.05, 0.1) is 16.8 Å². The van der Waals surface area contributed by atoms with Gasteiger partial charge in [0.25, 0.3) is 0 Å². The SMILES string of the molecule is CN1CCN(C(N)=NN=Cc2ccc3ncnc(Nc4ccc(Oc5cccc(F)c5)c(Cl)c4)c3c2)CC1. The lowest BCUT2D eigenvalue weighted by Crippen LogP contribution is -2.49. The average Bonchev–Trinajstić information content (AvgIpc) is 2.91. The Hall–Kier alpha value is -4.28. The Labute approximate surface area is 224 Å². The van der Waals surface area contributed by atoms with Gasteiger partial charge < -0.3 is 25.6 Å². The molecule has 1 saturated heterocycles. The van der Waals surface area contributed by atoms with Gasteiger partial charge in [0.2, 0.25) is 5.96 Å². The molecule has 38 heavy (non-hydrogen) atoms. The van der Waals surface area contributed by atoms with Crippen LogP contribution in [0, 0.1) is 5.82 Å². The molecule has 0 bridgehead atoms. The predicted octanol–water partition coefficient (Wildman–Crippen LogP) is 4.85. The van der Waals surface area contributed by atoms with E-state index in [1.165, 1.54) is 18.5 Å². The summed E-state index contributed by atoms with van der Waals surface area (Å²) in [5, 5.41) is 12.8. The number of anilines is 2. The maximum Gasteiger partial charge on any atom is 0.216 e. The number of nitrogens with zero attached hydrogens (tertiary/aromatic N) is 6. The number of aromatic nitrogens is 2. The quantitative estimate of drug-likeness (QED) is 0.208. The van der Waals surface area contributed by atoms with E-state index >= 15 is 0 Å². The minimum Gasteiger partial charge on any atom is -0.456 e. The van der Waals surface area contributed by atoms with Crippen molar-refractivity contribution in [1.29, 1.82) is 0 Å². The van der Waals surface area contributed by atoms with Crippen LogP contribution in [0.5, 0.6) is 11.5 Å². The molecule has 0 aliphatic carbocycles. The molecule has 1 aliphatic heterocycles. The molecule has 0 radical (unpaired) electrons. The number of benzene rings is 3. The van der Waals surface area contributed by atoms with Crippen LogP contribution in [-0.2, 0) is 0 Å². The zero-order valence-corrected chi connectivity index (χ0v) is 21.4. The number of ether oxygens (including phenoxy) is 1. The molecule has 0 saturated carbocycles. The van der Waals surface area contributed by atoms with Crippen molar-refractivity contribution in [2.75, 3.05) is 38.5 Å². The van der Waals surface area contributed by atoms with Gasteiger partial charge in [0.1, 0.15) is 29.5 Å². The van der Waals surface area contributed by atoms with Gasteiger partial charge in [0, 0.05) is 43.3 Å². The summed E-state index contributed by atoms with van der Waals surface area (Å²) in [7, 11) is 2.09. The van der Waals surface area contributed by atoms with E-state index in [-0.39, 0.29) is 5.82 Å². The maximum atomic E-state index is 13.5. The van der Waals surface area contributed by atoms with E-state index in [1.807, 2.05) is 23.1 Å². The Kier molecular flexibility index (Phi) is 7.62. The van der Waals surface area contributed by atoms with Crippen LogP contribution >= 0.6 is 11.6 Å². The number of hydrogen-bond acceptors (Lipinski definition) is 7. The van der Waals surface area contributed by atoms with Gasteiger partial charge in [-0.1, -0.05) is 23.7 Å². The molecular weight excluding hydrogens is 507 g/mol. The summed E-state index contributed by atoms with van der Waals surface area (Å²) < 4.78 is 19.2. The highest BCUT2D eigenvalue weighted by atomic mass is 35.5. The summed E-state index contributed by atoms with van der Waals surface area (Å²) in [6, 6.07) is 16.8. The van der Waals surface area contributed by atoms with Gasteiger partial charge in [-0.25, -0.2) is 14.4 Å². The zero-order valence-electron chi connectivity index (χ0n) is 20.7. The van der Waals surface area contributed by atoms with Crippen LogP contribution in [-0.4, -0.2) is 65.2 Å². The Morgan fingerprint density at radius 1 is 1.08 bits per heavy atom. The molecule has 0 amide bonds. The van der Waals surface area contributed by atoms with E-state index < -0.39 is 0 Å². The van der Waals surface area contributed by atoms with Crippen LogP contribution < -0.4 is 15.8 Å². The van der Waals surface area contributed by atoms with Crippen LogP contribution in [0.4, 0.5) is 15.9 Å². The first-order valence-electron chi connectivity index (χ1n) is 12.0. The minimum atomic E-state index is -0.387. The molecule has 5 rings (SSSR count). The number of halogens is 2. The molecule has 0 unspecified atom stereocenters. The standard InChI is InChI=1S/C27H26ClFN8O/c1-36-9-11-37(12-10-36)27(30)35-33-16-18-5-7-24-22(13-18)26(32-17-31-24)34-20-6-8-25(23(28)15-20)38-21-4-2-3-19(29)14-21/h2-8,13-17H,9-12H2,1H3,(H2,30,35)(H,31,32,34). The van der Waals surface area contributed by atoms with Gasteiger partial charge >= 0.3 is 0 Å². The average molecular weight is 533 g/mol. The first-order valence-corrected chi connectivity index (χ1v) is 12.4. The molecule has 194 valence electrons. The molecular formula is C27H26ClFN8O. The van der Waals surface area contributed by atoms with E-state index in [4.69, 9.17) is 22.1 Å². The lowest BCUT2D eigenvalue weighted by molar-refractivity contribution is 0.214. The fraction of sp³-hybridized carbons (Fsp3) is 0.185. The number of nitrogens with two attached hydrogens (primary N) is 1.